The second-order valence-electron chi connectivity index (χ2n) is 3.93. The molecule has 0 atom stereocenters. The summed E-state index contributed by atoms with van der Waals surface area (Å²) in [5.74, 6) is -1.67. The summed E-state index contributed by atoms with van der Waals surface area (Å²) in [5, 5.41) is 0. The molecule has 0 amide bonds. The number of ether oxygens (including phenoxy) is 1. The predicted molar refractivity (Wildman–Crippen MR) is 65.8 cm³/mol. The van der Waals surface area contributed by atoms with Crippen molar-refractivity contribution in [1.82, 2.24) is 15.0 Å². The van der Waals surface area contributed by atoms with Gasteiger partial charge in [0.15, 0.2) is 5.82 Å². The molecular weight excluding hydrogens is 292 g/mol. The lowest BCUT2D eigenvalue weighted by atomic mass is 10.1. The number of benzene rings is 1. The normalized spacial score (nSPS) is 11.5. The molecule has 0 radical (unpaired) electrons. The van der Waals surface area contributed by atoms with Gasteiger partial charge in [-0.3, -0.25) is 0 Å². The van der Waals surface area contributed by atoms with E-state index < -0.39 is 17.6 Å². The van der Waals surface area contributed by atoms with Crippen molar-refractivity contribution in [2.45, 2.75) is 13.1 Å². The van der Waals surface area contributed by atoms with Gasteiger partial charge in [0, 0.05) is 5.56 Å². The van der Waals surface area contributed by atoms with Gasteiger partial charge in [0.25, 0.3) is 0 Å². The first kappa shape index (κ1) is 14.9. The fraction of sp³-hybridized carbons (Fsp3) is 0.250. The summed E-state index contributed by atoms with van der Waals surface area (Å²) in [5.41, 5.74) is 4.12. The van der Waals surface area contributed by atoms with Gasteiger partial charge in [-0.1, -0.05) is 6.07 Å². The van der Waals surface area contributed by atoms with E-state index in [1.807, 2.05) is 0 Å². The maximum Gasteiger partial charge on any atom is 0.419 e. The lowest BCUT2D eigenvalue weighted by Gasteiger charge is -2.09. The largest absolute Gasteiger partial charge is 0.464 e. The van der Waals surface area contributed by atoms with Gasteiger partial charge in [0.1, 0.15) is 5.82 Å². The highest BCUT2D eigenvalue weighted by Gasteiger charge is 2.34. The molecule has 0 saturated heterocycles. The van der Waals surface area contributed by atoms with Crippen molar-refractivity contribution >= 4 is 5.95 Å². The number of hydrogen-bond donors (Lipinski definition) is 1. The van der Waals surface area contributed by atoms with E-state index in [2.05, 4.69) is 15.0 Å². The number of halogens is 4. The van der Waals surface area contributed by atoms with Crippen LogP contribution in [0.4, 0.5) is 23.5 Å². The number of aromatic nitrogens is 3. The van der Waals surface area contributed by atoms with Gasteiger partial charge in [-0.15, -0.1) is 0 Å². The zero-order valence-corrected chi connectivity index (χ0v) is 10.8. The molecule has 21 heavy (non-hydrogen) atoms. The Bertz CT molecular complexity index is 660. The van der Waals surface area contributed by atoms with E-state index in [-0.39, 0.29) is 30.0 Å². The minimum absolute atomic E-state index is 0.0375. The smallest absolute Gasteiger partial charge is 0.419 e. The average molecular weight is 302 g/mol. The topological polar surface area (TPSA) is 73.9 Å². The maximum absolute atomic E-state index is 13.5. The summed E-state index contributed by atoms with van der Waals surface area (Å²) >= 11 is 0. The van der Waals surface area contributed by atoms with Crippen molar-refractivity contribution < 1.29 is 22.3 Å². The highest BCUT2D eigenvalue weighted by Crippen LogP contribution is 2.33. The molecule has 1 aromatic carbocycles. The summed E-state index contributed by atoms with van der Waals surface area (Å²) in [6.07, 6.45) is -4.77. The van der Waals surface area contributed by atoms with Crippen LogP contribution in [0.3, 0.4) is 0 Å². The molecule has 0 bridgehead atoms. The molecule has 0 unspecified atom stereocenters. The summed E-state index contributed by atoms with van der Waals surface area (Å²) in [6.45, 7) is 1.96. The van der Waals surface area contributed by atoms with E-state index in [0.29, 0.717) is 12.1 Å². The molecule has 0 aliphatic heterocycles. The van der Waals surface area contributed by atoms with Gasteiger partial charge in [0.2, 0.25) is 5.95 Å². The van der Waals surface area contributed by atoms with Crippen LogP contribution < -0.4 is 10.5 Å². The minimum Gasteiger partial charge on any atom is -0.464 e. The monoisotopic (exact) mass is 302 g/mol. The molecule has 5 nitrogen and oxygen atoms in total. The Kier molecular flexibility index (Phi) is 3.92. The van der Waals surface area contributed by atoms with Gasteiger partial charge >= 0.3 is 12.2 Å². The lowest BCUT2D eigenvalue weighted by Crippen LogP contribution is -2.09. The summed E-state index contributed by atoms with van der Waals surface area (Å²) in [6, 6.07) is 2.27. The molecule has 0 saturated carbocycles. The fourth-order valence-corrected chi connectivity index (χ4v) is 1.58. The number of rotatable bonds is 3. The SMILES string of the molecule is CCOc1nc(N)nc(-c2ccc(C(F)(F)F)c(F)c2)n1. The van der Waals surface area contributed by atoms with Crippen LogP contribution in [-0.2, 0) is 6.18 Å². The average Bonchev–Trinajstić information content (AvgIpc) is 2.36. The predicted octanol–water partition coefficient (Wildman–Crippen LogP) is 2.68. The Morgan fingerprint density at radius 2 is 1.90 bits per heavy atom. The molecule has 0 spiro atoms. The van der Waals surface area contributed by atoms with Crippen LogP contribution in [0.1, 0.15) is 12.5 Å². The van der Waals surface area contributed by atoms with Crippen molar-refractivity contribution in [3.05, 3.63) is 29.6 Å². The van der Waals surface area contributed by atoms with Crippen LogP contribution in [0.15, 0.2) is 18.2 Å². The molecule has 2 N–H and O–H groups in total. The Hall–Kier alpha value is -2.45. The van der Waals surface area contributed by atoms with E-state index in [0.717, 1.165) is 6.07 Å². The molecule has 1 heterocycles. The van der Waals surface area contributed by atoms with E-state index in [1.165, 1.54) is 0 Å². The molecule has 2 rings (SSSR count). The van der Waals surface area contributed by atoms with Gasteiger partial charge in [-0.2, -0.15) is 28.1 Å². The number of anilines is 1. The van der Waals surface area contributed by atoms with E-state index in [4.69, 9.17) is 10.5 Å². The third kappa shape index (κ3) is 3.36. The third-order valence-electron chi connectivity index (χ3n) is 2.44. The van der Waals surface area contributed by atoms with E-state index in [9.17, 15) is 17.6 Å². The van der Waals surface area contributed by atoms with Crippen LogP contribution in [0.25, 0.3) is 11.4 Å². The molecule has 2 aromatic rings. The fourth-order valence-electron chi connectivity index (χ4n) is 1.58. The Labute approximate surface area is 116 Å². The molecule has 0 aliphatic rings. The van der Waals surface area contributed by atoms with Crippen molar-refractivity contribution in [2.24, 2.45) is 0 Å². The zero-order valence-electron chi connectivity index (χ0n) is 10.8. The first-order valence-corrected chi connectivity index (χ1v) is 5.82. The molecule has 0 fully saturated rings. The Balaban J connectivity index is 2.45. The molecule has 0 aliphatic carbocycles. The van der Waals surface area contributed by atoms with Gasteiger partial charge < -0.3 is 10.5 Å². The maximum atomic E-state index is 13.5. The number of alkyl halides is 3. The third-order valence-corrected chi connectivity index (χ3v) is 2.44. The minimum atomic E-state index is -4.77. The van der Waals surface area contributed by atoms with Crippen LogP contribution in [0, 0.1) is 5.82 Å². The van der Waals surface area contributed by atoms with Crippen molar-refractivity contribution in [3.63, 3.8) is 0 Å². The van der Waals surface area contributed by atoms with Gasteiger partial charge in [-0.25, -0.2) is 4.39 Å². The summed E-state index contributed by atoms with van der Waals surface area (Å²) in [4.78, 5) is 11.3. The highest BCUT2D eigenvalue weighted by molar-refractivity contribution is 5.57. The summed E-state index contributed by atoms with van der Waals surface area (Å²) < 4.78 is 56.0. The quantitative estimate of drug-likeness (QED) is 0.882. The Morgan fingerprint density at radius 3 is 2.48 bits per heavy atom. The molecular formula is C12H10F4N4O. The second-order valence-corrected chi connectivity index (χ2v) is 3.93. The molecule has 9 heteroatoms. The Morgan fingerprint density at radius 1 is 1.19 bits per heavy atom. The standard InChI is InChI=1S/C12H10F4N4O/c1-2-21-11-19-9(18-10(17)20-11)6-3-4-7(8(13)5-6)12(14,15)16/h3-5H,2H2,1H3,(H2,17,18,19,20). The van der Waals surface area contributed by atoms with Gasteiger partial charge in [0.05, 0.1) is 12.2 Å². The highest BCUT2D eigenvalue weighted by atomic mass is 19.4. The summed E-state index contributed by atoms with van der Waals surface area (Å²) in [7, 11) is 0. The van der Waals surface area contributed by atoms with Crippen molar-refractivity contribution in [3.8, 4) is 17.4 Å². The first-order valence-electron chi connectivity index (χ1n) is 5.82. The number of hydrogen-bond acceptors (Lipinski definition) is 5. The van der Waals surface area contributed by atoms with E-state index in [1.54, 1.807) is 6.92 Å². The van der Waals surface area contributed by atoms with Crippen LogP contribution >= 0.6 is 0 Å². The zero-order chi connectivity index (χ0) is 15.6. The first-order chi connectivity index (χ1) is 9.81. The lowest BCUT2D eigenvalue weighted by molar-refractivity contribution is -0.139. The van der Waals surface area contributed by atoms with Crippen LogP contribution in [0.2, 0.25) is 0 Å². The molecule has 1 aromatic heterocycles. The number of nitrogen functional groups attached to an aromatic ring is 1. The number of nitrogens with two attached hydrogens (primary N) is 1. The van der Waals surface area contributed by atoms with Crippen molar-refractivity contribution in [2.75, 3.05) is 12.3 Å². The van der Waals surface area contributed by atoms with Gasteiger partial charge in [-0.05, 0) is 19.1 Å². The second kappa shape index (κ2) is 5.51. The van der Waals surface area contributed by atoms with Crippen LogP contribution in [-0.4, -0.2) is 21.6 Å². The van der Waals surface area contributed by atoms with Crippen molar-refractivity contribution in [1.29, 1.82) is 0 Å². The number of nitrogens with zero attached hydrogens (tertiary/aromatic N) is 3. The van der Waals surface area contributed by atoms with E-state index >= 15 is 0 Å². The molecule has 112 valence electrons. The van der Waals surface area contributed by atoms with Crippen LogP contribution in [0.5, 0.6) is 6.01 Å².